The summed E-state index contributed by atoms with van der Waals surface area (Å²) in [5, 5.41) is 3.24. The van der Waals surface area contributed by atoms with Crippen molar-refractivity contribution in [2.24, 2.45) is 5.41 Å². The minimum atomic E-state index is -0.259. The van der Waals surface area contributed by atoms with Gasteiger partial charge in [0.15, 0.2) is 0 Å². The second-order valence-electron chi connectivity index (χ2n) is 5.55. The zero-order valence-electron chi connectivity index (χ0n) is 9.94. The van der Waals surface area contributed by atoms with Crippen LogP contribution in [-0.2, 0) is 4.79 Å². The molecule has 1 amide bonds. The Morgan fingerprint density at radius 1 is 1.29 bits per heavy atom. The molecule has 14 heavy (non-hydrogen) atoms. The minimum Gasteiger partial charge on any atom is -0.350 e. The molecule has 1 aliphatic rings. The third-order valence-electron chi connectivity index (χ3n) is 3.30. The molecule has 0 aromatic heterocycles. The molecule has 0 unspecified atom stereocenters. The van der Waals surface area contributed by atoms with Gasteiger partial charge in [0.25, 0.3) is 0 Å². The number of carbonyl (C=O) groups excluding carboxylic acids is 1. The maximum absolute atomic E-state index is 11.9. The third-order valence-corrected chi connectivity index (χ3v) is 3.30. The lowest BCUT2D eigenvalue weighted by Crippen LogP contribution is -2.49. The van der Waals surface area contributed by atoms with Gasteiger partial charge in [0.05, 0.1) is 0 Å². The highest BCUT2D eigenvalue weighted by atomic mass is 16.2. The maximum Gasteiger partial charge on any atom is 0.225 e. The van der Waals surface area contributed by atoms with Gasteiger partial charge in [-0.25, -0.2) is 0 Å². The summed E-state index contributed by atoms with van der Waals surface area (Å²) in [6, 6.07) is 0. The fourth-order valence-electron chi connectivity index (χ4n) is 2.05. The summed E-state index contributed by atoms with van der Waals surface area (Å²) in [5.74, 6) is 0.196. The predicted molar refractivity (Wildman–Crippen MR) is 59.1 cm³/mol. The lowest BCUT2D eigenvalue weighted by molar-refractivity contribution is -0.130. The highest BCUT2D eigenvalue weighted by Crippen LogP contribution is 2.33. The molecule has 0 aromatic carbocycles. The Hall–Kier alpha value is -0.530. The van der Waals surface area contributed by atoms with Crippen molar-refractivity contribution in [3.63, 3.8) is 0 Å². The zero-order valence-corrected chi connectivity index (χ0v) is 9.94. The van der Waals surface area contributed by atoms with Crippen molar-refractivity contribution >= 4 is 5.91 Å². The van der Waals surface area contributed by atoms with Crippen molar-refractivity contribution in [2.45, 2.75) is 65.3 Å². The van der Waals surface area contributed by atoms with Gasteiger partial charge in [0.2, 0.25) is 5.91 Å². The van der Waals surface area contributed by atoms with E-state index in [0.717, 1.165) is 19.3 Å². The summed E-state index contributed by atoms with van der Waals surface area (Å²) < 4.78 is 0. The summed E-state index contributed by atoms with van der Waals surface area (Å²) >= 11 is 0. The van der Waals surface area contributed by atoms with E-state index in [1.165, 1.54) is 12.8 Å². The van der Waals surface area contributed by atoms with Gasteiger partial charge in [-0.2, -0.15) is 0 Å². The lowest BCUT2D eigenvalue weighted by Gasteiger charge is -2.32. The zero-order chi connectivity index (χ0) is 10.8. The molecule has 1 aliphatic carbocycles. The van der Waals surface area contributed by atoms with Crippen LogP contribution in [0.4, 0.5) is 0 Å². The molecule has 0 aliphatic heterocycles. The van der Waals surface area contributed by atoms with Gasteiger partial charge in [0, 0.05) is 11.0 Å². The van der Waals surface area contributed by atoms with Crippen LogP contribution in [0.5, 0.6) is 0 Å². The van der Waals surface area contributed by atoms with E-state index in [1.54, 1.807) is 0 Å². The second kappa shape index (κ2) is 3.92. The molecule has 82 valence electrons. The average Bonchev–Trinajstić information content (AvgIpc) is 2.52. The Labute approximate surface area is 87.5 Å². The molecule has 0 aromatic rings. The molecule has 0 radical (unpaired) electrons. The van der Waals surface area contributed by atoms with Crippen molar-refractivity contribution < 1.29 is 4.79 Å². The number of rotatable bonds is 2. The van der Waals surface area contributed by atoms with Crippen LogP contribution >= 0.6 is 0 Å². The Bertz CT molecular complexity index is 209. The molecular formula is C12H23NO. The largest absolute Gasteiger partial charge is 0.350 e. The molecule has 1 N–H and O–H groups in total. The Morgan fingerprint density at radius 2 is 1.79 bits per heavy atom. The van der Waals surface area contributed by atoms with Crippen LogP contribution in [-0.4, -0.2) is 11.4 Å². The van der Waals surface area contributed by atoms with Gasteiger partial charge in [-0.05, 0) is 19.3 Å². The van der Waals surface area contributed by atoms with Crippen molar-refractivity contribution in [3.8, 4) is 0 Å². The first-order valence-corrected chi connectivity index (χ1v) is 5.72. The van der Waals surface area contributed by atoms with E-state index >= 15 is 0 Å². The summed E-state index contributed by atoms with van der Waals surface area (Å²) in [4.78, 5) is 11.9. The quantitative estimate of drug-likeness (QED) is 0.724. The predicted octanol–water partition coefficient (Wildman–Crippen LogP) is 2.87. The maximum atomic E-state index is 11.9. The molecule has 0 saturated heterocycles. The van der Waals surface area contributed by atoms with Crippen molar-refractivity contribution in [1.29, 1.82) is 0 Å². The standard InChI is InChI=1S/C12H23NO/c1-5-12(8-6-7-9-12)13-10(14)11(2,3)4/h5-9H2,1-4H3,(H,13,14). The van der Waals surface area contributed by atoms with Crippen LogP contribution in [0.25, 0.3) is 0 Å². The number of nitrogens with one attached hydrogen (secondary N) is 1. The molecule has 2 heteroatoms. The first kappa shape index (κ1) is 11.5. The van der Waals surface area contributed by atoms with Crippen molar-refractivity contribution in [1.82, 2.24) is 5.32 Å². The van der Waals surface area contributed by atoms with Gasteiger partial charge in [-0.3, -0.25) is 4.79 Å². The van der Waals surface area contributed by atoms with E-state index in [1.807, 2.05) is 20.8 Å². The summed E-state index contributed by atoms with van der Waals surface area (Å²) in [7, 11) is 0. The smallest absolute Gasteiger partial charge is 0.225 e. The van der Waals surface area contributed by atoms with E-state index in [4.69, 9.17) is 0 Å². The Balaban J connectivity index is 2.61. The fraction of sp³-hybridized carbons (Fsp3) is 0.917. The first-order valence-electron chi connectivity index (χ1n) is 5.72. The second-order valence-corrected chi connectivity index (χ2v) is 5.55. The molecular weight excluding hydrogens is 174 g/mol. The van der Waals surface area contributed by atoms with Crippen LogP contribution in [0.2, 0.25) is 0 Å². The van der Waals surface area contributed by atoms with E-state index < -0.39 is 0 Å². The van der Waals surface area contributed by atoms with E-state index in [-0.39, 0.29) is 16.9 Å². The van der Waals surface area contributed by atoms with E-state index in [2.05, 4.69) is 12.2 Å². The Kier molecular flexibility index (Phi) is 3.23. The fourth-order valence-corrected chi connectivity index (χ4v) is 2.05. The topological polar surface area (TPSA) is 29.1 Å². The SMILES string of the molecule is CCC1(NC(=O)C(C)(C)C)CCCC1. The lowest BCUT2D eigenvalue weighted by atomic mass is 9.89. The van der Waals surface area contributed by atoms with Crippen LogP contribution in [0.15, 0.2) is 0 Å². The van der Waals surface area contributed by atoms with Gasteiger partial charge in [-0.15, -0.1) is 0 Å². The monoisotopic (exact) mass is 197 g/mol. The summed E-state index contributed by atoms with van der Waals surface area (Å²) in [6.07, 6.45) is 5.90. The highest BCUT2D eigenvalue weighted by molar-refractivity contribution is 5.82. The van der Waals surface area contributed by atoms with Crippen LogP contribution in [0.1, 0.15) is 59.8 Å². The van der Waals surface area contributed by atoms with Crippen molar-refractivity contribution in [2.75, 3.05) is 0 Å². The summed E-state index contributed by atoms with van der Waals surface area (Å²) in [6.45, 7) is 8.09. The average molecular weight is 197 g/mol. The number of hydrogen-bond donors (Lipinski definition) is 1. The minimum absolute atomic E-state index is 0.115. The molecule has 0 bridgehead atoms. The molecule has 0 spiro atoms. The first-order chi connectivity index (χ1) is 6.40. The van der Waals surface area contributed by atoms with E-state index in [9.17, 15) is 4.79 Å². The number of hydrogen-bond acceptors (Lipinski definition) is 1. The van der Waals surface area contributed by atoms with Crippen LogP contribution in [0, 0.1) is 5.41 Å². The molecule has 1 saturated carbocycles. The molecule has 0 heterocycles. The summed E-state index contributed by atoms with van der Waals surface area (Å²) in [5.41, 5.74) is -0.144. The van der Waals surface area contributed by atoms with Gasteiger partial charge in [0.1, 0.15) is 0 Å². The number of amides is 1. The highest BCUT2D eigenvalue weighted by Gasteiger charge is 2.36. The van der Waals surface area contributed by atoms with Crippen LogP contribution in [0.3, 0.4) is 0 Å². The normalized spacial score (nSPS) is 20.9. The number of carbonyl (C=O) groups is 1. The molecule has 0 atom stereocenters. The molecule has 1 fully saturated rings. The van der Waals surface area contributed by atoms with Crippen LogP contribution < -0.4 is 5.32 Å². The van der Waals surface area contributed by atoms with Gasteiger partial charge < -0.3 is 5.32 Å². The van der Waals surface area contributed by atoms with Gasteiger partial charge in [-0.1, -0.05) is 40.5 Å². The van der Waals surface area contributed by atoms with Gasteiger partial charge >= 0.3 is 0 Å². The van der Waals surface area contributed by atoms with Crippen molar-refractivity contribution in [3.05, 3.63) is 0 Å². The Morgan fingerprint density at radius 3 is 2.14 bits per heavy atom. The molecule has 2 nitrogen and oxygen atoms in total. The third kappa shape index (κ3) is 2.49. The molecule has 1 rings (SSSR count). The van der Waals surface area contributed by atoms with E-state index in [0.29, 0.717) is 0 Å².